The van der Waals surface area contributed by atoms with Crippen molar-refractivity contribution in [3.63, 3.8) is 0 Å². The van der Waals surface area contributed by atoms with E-state index in [-0.39, 0.29) is 30.5 Å². The first-order valence-corrected chi connectivity index (χ1v) is 10.9. The maximum absolute atomic E-state index is 11.1. The zero-order valence-corrected chi connectivity index (χ0v) is 21.1. The number of nitrogens with zero attached hydrogens (tertiary/aromatic N) is 2. The van der Waals surface area contributed by atoms with E-state index < -0.39 is 0 Å². The molecule has 0 aliphatic carbocycles. The van der Waals surface area contributed by atoms with Gasteiger partial charge in [0, 0.05) is 12.6 Å². The SMILES string of the molecule is C[CH-]Cc1cc(OC)c(OC)cc1C(=[N-])c1ccc(NC(C)=O)cc1.Cc1n[c-]sc1C.[Li+]. The predicted octanol–water partition coefficient (Wildman–Crippen LogP) is 2.40. The number of hydrogen-bond donors (Lipinski definition) is 1. The average Bonchev–Trinajstić information content (AvgIpc) is 3.16. The Hall–Kier alpha value is -2.59. The van der Waals surface area contributed by atoms with Crippen LogP contribution in [-0.4, -0.2) is 30.8 Å². The van der Waals surface area contributed by atoms with Gasteiger partial charge in [-0.1, -0.05) is 31.5 Å². The number of aromatic nitrogens is 1. The molecule has 33 heavy (non-hydrogen) atoms. The second-order valence-electron chi connectivity index (χ2n) is 7.03. The summed E-state index contributed by atoms with van der Waals surface area (Å²) in [7, 11) is 3.15. The molecule has 3 aromatic rings. The molecule has 0 saturated heterocycles. The van der Waals surface area contributed by atoms with Gasteiger partial charge in [-0.25, -0.2) is 0 Å². The van der Waals surface area contributed by atoms with Gasteiger partial charge in [0.2, 0.25) is 5.91 Å². The fraction of sp³-hybridized carbons (Fsp3) is 0.280. The topological polar surface area (TPSA) is 82.8 Å². The molecule has 0 unspecified atom stereocenters. The van der Waals surface area contributed by atoms with Crippen LogP contribution >= 0.6 is 11.3 Å². The summed E-state index contributed by atoms with van der Waals surface area (Å²) in [5, 5.41) is 13.5. The van der Waals surface area contributed by atoms with E-state index in [9.17, 15) is 10.2 Å². The van der Waals surface area contributed by atoms with Crippen molar-refractivity contribution in [3.05, 3.63) is 81.0 Å². The molecule has 0 aliphatic rings. The van der Waals surface area contributed by atoms with Crippen molar-refractivity contribution in [1.82, 2.24) is 4.98 Å². The summed E-state index contributed by atoms with van der Waals surface area (Å²) in [4.78, 5) is 16.3. The number of rotatable bonds is 7. The number of hydrogen-bond acceptors (Lipinski definition) is 5. The van der Waals surface area contributed by atoms with Gasteiger partial charge in [-0.3, -0.25) is 16.1 Å². The van der Waals surface area contributed by atoms with Crippen LogP contribution in [0.3, 0.4) is 0 Å². The van der Waals surface area contributed by atoms with Gasteiger partial charge in [0.15, 0.2) is 11.5 Å². The van der Waals surface area contributed by atoms with Crippen molar-refractivity contribution in [2.24, 2.45) is 0 Å². The molecule has 0 bridgehead atoms. The molecule has 0 spiro atoms. The Morgan fingerprint density at radius 1 is 1.15 bits per heavy atom. The van der Waals surface area contributed by atoms with Gasteiger partial charge in [0.25, 0.3) is 0 Å². The minimum Gasteiger partial charge on any atom is -0.803 e. The van der Waals surface area contributed by atoms with E-state index in [2.05, 4.69) is 15.8 Å². The van der Waals surface area contributed by atoms with Crippen molar-refractivity contribution in [2.45, 2.75) is 34.1 Å². The number of carbonyl (C=O) groups excluding carboxylic acids is 1. The number of aryl methyl sites for hydroxylation is 2. The van der Waals surface area contributed by atoms with Crippen LogP contribution in [0.5, 0.6) is 11.5 Å². The van der Waals surface area contributed by atoms with Crippen molar-refractivity contribution in [1.29, 1.82) is 0 Å². The third-order valence-corrected chi connectivity index (χ3v) is 5.47. The minimum absolute atomic E-state index is 0. The summed E-state index contributed by atoms with van der Waals surface area (Å²) >= 11 is 1.57. The molecule has 6 nitrogen and oxygen atoms in total. The second kappa shape index (κ2) is 13.8. The Bertz CT molecular complexity index is 1050. The number of nitrogens with one attached hydrogen (secondary N) is 1. The summed E-state index contributed by atoms with van der Waals surface area (Å²) in [5.74, 6) is 1.04. The van der Waals surface area contributed by atoms with Crippen LogP contribution in [0.1, 0.15) is 41.1 Å². The first-order chi connectivity index (χ1) is 15.3. The number of ether oxygens (including phenoxy) is 2. The maximum Gasteiger partial charge on any atom is 1.00 e. The zero-order chi connectivity index (χ0) is 23.7. The summed E-state index contributed by atoms with van der Waals surface area (Å²) in [6.07, 6.45) is 2.70. The standard InChI is InChI=1S/C20H22N2O3.C5H6NS.Li/c1-5-6-15-11-18(24-3)19(25-4)12-17(15)20(21)14-7-9-16(10-8-14)22-13(2)23;1-4-5(2)7-3-6-4;/h5,7-12H,6H2,1-4H3,(H,22,23);1-2H3;/q-2;-1;+1. The molecule has 0 radical (unpaired) electrons. The molecule has 0 fully saturated rings. The monoisotopic (exact) mass is 457 g/mol. The fourth-order valence-electron chi connectivity index (χ4n) is 2.91. The first-order valence-electron chi connectivity index (χ1n) is 10.1. The van der Waals surface area contributed by atoms with Gasteiger partial charge < -0.3 is 31.6 Å². The first kappa shape index (κ1) is 28.4. The fourth-order valence-corrected chi connectivity index (χ4v) is 3.43. The molecule has 1 aromatic heterocycles. The molecular weight excluding hydrogens is 429 g/mol. The molecule has 3 rings (SSSR count). The normalized spacial score (nSPS) is 9.76. The smallest absolute Gasteiger partial charge is 0.803 e. The second-order valence-corrected chi connectivity index (χ2v) is 8.03. The Morgan fingerprint density at radius 2 is 1.76 bits per heavy atom. The molecule has 1 heterocycles. The summed E-state index contributed by atoms with van der Waals surface area (Å²) < 4.78 is 10.7. The van der Waals surface area contributed by atoms with Crippen molar-refractivity contribution in [2.75, 3.05) is 19.5 Å². The predicted molar refractivity (Wildman–Crippen MR) is 131 cm³/mol. The van der Waals surface area contributed by atoms with E-state index >= 15 is 0 Å². The molecule has 0 saturated carbocycles. The van der Waals surface area contributed by atoms with Gasteiger partial charge >= 0.3 is 18.9 Å². The Kier molecular flexibility index (Phi) is 11.9. The molecular formula is C25H28LiN3O3S-2. The van der Waals surface area contributed by atoms with E-state index in [1.807, 2.05) is 33.3 Å². The van der Waals surface area contributed by atoms with Crippen LogP contribution in [0.15, 0.2) is 36.4 Å². The van der Waals surface area contributed by atoms with Crippen LogP contribution in [0.4, 0.5) is 5.69 Å². The number of carbonyl (C=O) groups is 1. The van der Waals surface area contributed by atoms with Gasteiger partial charge in [-0.15, -0.1) is 16.3 Å². The Labute approximate surface area is 212 Å². The number of benzene rings is 2. The summed E-state index contributed by atoms with van der Waals surface area (Å²) in [6, 6.07) is 10.7. The third-order valence-electron chi connectivity index (χ3n) is 4.69. The van der Waals surface area contributed by atoms with Crippen molar-refractivity contribution >= 4 is 28.6 Å². The van der Waals surface area contributed by atoms with E-state index in [1.54, 1.807) is 55.9 Å². The van der Waals surface area contributed by atoms with E-state index in [1.165, 1.54) is 11.8 Å². The number of thiazole rings is 1. The molecule has 8 heteroatoms. The van der Waals surface area contributed by atoms with Crippen LogP contribution < -0.4 is 33.7 Å². The van der Waals surface area contributed by atoms with Crippen LogP contribution in [0.25, 0.3) is 5.41 Å². The molecule has 1 amide bonds. The van der Waals surface area contributed by atoms with Gasteiger partial charge in [0.05, 0.1) is 14.2 Å². The molecule has 0 atom stereocenters. The quantitative estimate of drug-likeness (QED) is 0.336. The van der Waals surface area contributed by atoms with Crippen LogP contribution in [0, 0.1) is 25.8 Å². The Morgan fingerprint density at radius 3 is 2.18 bits per heavy atom. The third kappa shape index (κ3) is 8.04. The average molecular weight is 458 g/mol. The molecule has 170 valence electrons. The van der Waals surface area contributed by atoms with Gasteiger partial charge in [-0.2, -0.15) is 13.3 Å². The van der Waals surface area contributed by atoms with E-state index in [0.29, 0.717) is 34.7 Å². The van der Waals surface area contributed by atoms with Crippen molar-refractivity contribution in [3.8, 4) is 11.5 Å². The van der Waals surface area contributed by atoms with Crippen molar-refractivity contribution < 1.29 is 33.1 Å². The summed E-state index contributed by atoms with van der Waals surface area (Å²) in [5.41, 5.74) is 6.98. The van der Waals surface area contributed by atoms with E-state index in [4.69, 9.17) is 9.47 Å². The minimum atomic E-state index is -0.137. The zero-order valence-electron chi connectivity index (χ0n) is 20.3. The van der Waals surface area contributed by atoms with E-state index in [0.717, 1.165) is 11.3 Å². The van der Waals surface area contributed by atoms with Gasteiger partial charge in [0.1, 0.15) is 0 Å². The van der Waals surface area contributed by atoms with Crippen LogP contribution in [-0.2, 0) is 11.2 Å². The number of amides is 1. The summed E-state index contributed by atoms with van der Waals surface area (Å²) in [6.45, 7) is 7.44. The Balaban J connectivity index is 0.000000581. The molecule has 0 aliphatic heterocycles. The van der Waals surface area contributed by atoms with Crippen LogP contribution in [0.2, 0.25) is 0 Å². The van der Waals surface area contributed by atoms with Gasteiger partial charge in [-0.05, 0) is 40.9 Å². The largest absolute Gasteiger partial charge is 1.00 e. The maximum atomic E-state index is 11.1. The number of methoxy groups -OCH3 is 2. The molecule has 1 N–H and O–H groups in total. The molecule has 2 aromatic carbocycles. The number of anilines is 1.